The molecule has 0 bridgehead atoms. The summed E-state index contributed by atoms with van der Waals surface area (Å²) in [5, 5.41) is 58.1. The van der Waals surface area contributed by atoms with Crippen LogP contribution in [0.2, 0.25) is 5.02 Å². The summed E-state index contributed by atoms with van der Waals surface area (Å²) in [5.41, 5.74) is -0.184. The third-order valence-corrected chi connectivity index (χ3v) is 3.73. The van der Waals surface area contributed by atoms with Gasteiger partial charge in [0.1, 0.15) is 30.2 Å². The molecule has 112 valence electrons. The largest absolute Gasteiger partial charge is 0.506 e. The molecule has 1 aromatic carbocycles. The molecule has 0 aromatic heterocycles. The highest BCUT2D eigenvalue weighted by atomic mass is 35.5. The molecule has 20 heavy (non-hydrogen) atoms. The van der Waals surface area contributed by atoms with Gasteiger partial charge in [0, 0.05) is 5.56 Å². The Morgan fingerprint density at radius 2 is 1.85 bits per heavy atom. The Kier molecular flexibility index (Phi) is 4.22. The van der Waals surface area contributed by atoms with E-state index in [4.69, 9.17) is 21.4 Å². The summed E-state index contributed by atoms with van der Waals surface area (Å²) < 4.78 is 5.09. The van der Waals surface area contributed by atoms with Crippen molar-refractivity contribution < 1.29 is 35.4 Å². The topological polar surface area (TPSA) is 131 Å². The third-order valence-electron chi connectivity index (χ3n) is 3.33. The number of hydrogen-bond donors (Lipinski definition) is 6. The van der Waals surface area contributed by atoms with Crippen LogP contribution in [0.15, 0.2) is 18.2 Å². The number of rotatable bonds is 2. The lowest BCUT2D eigenvalue weighted by Crippen LogP contribution is -2.63. The molecule has 2 rings (SSSR count). The molecule has 7 nitrogen and oxygen atoms in total. The lowest BCUT2D eigenvalue weighted by atomic mass is 9.88. The van der Waals surface area contributed by atoms with Crippen LogP contribution >= 0.6 is 11.6 Å². The minimum atomic E-state index is -2.47. The molecule has 0 saturated carbocycles. The molecule has 0 radical (unpaired) electrons. The summed E-state index contributed by atoms with van der Waals surface area (Å²) in [7, 11) is 0. The van der Waals surface area contributed by atoms with E-state index in [1.54, 1.807) is 0 Å². The van der Waals surface area contributed by atoms with Crippen molar-refractivity contribution in [1.29, 1.82) is 0 Å². The lowest BCUT2D eigenvalue weighted by Gasteiger charge is -2.45. The molecule has 6 N–H and O–H groups in total. The van der Waals surface area contributed by atoms with Gasteiger partial charge in [-0.2, -0.15) is 0 Å². The summed E-state index contributed by atoms with van der Waals surface area (Å²) in [6.07, 6.45) is -6.58. The van der Waals surface area contributed by atoms with E-state index in [0.29, 0.717) is 0 Å². The van der Waals surface area contributed by atoms with Crippen LogP contribution in [-0.2, 0) is 10.5 Å². The van der Waals surface area contributed by atoms with Gasteiger partial charge in [-0.05, 0) is 6.07 Å². The van der Waals surface area contributed by atoms with E-state index in [1.165, 1.54) is 18.2 Å². The van der Waals surface area contributed by atoms with Crippen molar-refractivity contribution in [3.05, 3.63) is 28.8 Å². The van der Waals surface area contributed by atoms with Gasteiger partial charge < -0.3 is 35.4 Å². The molecule has 1 saturated heterocycles. The molecule has 1 aromatic rings. The quantitative estimate of drug-likeness (QED) is 0.399. The number of aliphatic hydroxyl groups excluding tert-OH is 4. The first-order valence-electron chi connectivity index (χ1n) is 5.86. The number of aliphatic hydroxyl groups is 5. The molecule has 0 spiro atoms. The van der Waals surface area contributed by atoms with Gasteiger partial charge in [-0.1, -0.05) is 23.7 Å². The van der Waals surface area contributed by atoms with E-state index in [-0.39, 0.29) is 16.3 Å². The van der Waals surface area contributed by atoms with Crippen molar-refractivity contribution in [2.75, 3.05) is 6.61 Å². The maximum Gasteiger partial charge on any atom is 0.224 e. The summed E-state index contributed by atoms with van der Waals surface area (Å²) >= 11 is 5.85. The number of halogens is 1. The van der Waals surface area contributed by atoms with Crippen molar-refractivity contribution >= 4 is 11.6 Å². The van der Waals surface area contributed by atoms with Gasteiger partial charge in [0.25, 0.3) is 0 Å². The monoisotopic (exact) mass is 306 g/mol. The van der Waals surface area contributed by atoms with E-state index in [1.807, 2.05) is 0 Å². The zero-order valence-electron chi connectivity index (χ0n) is 10.2. The standard InChI is InChI=1S/C12H15ClO7/c13-8-5(2-1-3-6(8)15)12(19)11(18)10(17)9(16)7(4-14)20-12/h1-3,7,9-11,14-19H,4H2/t7-,9-,10+,11-,12?/m1/s1. The number of aromatic hydroxyl groups is 1. The fraction of sp³-hybridized carbons (Fsp3) is 0.500. The Hall–Kier alpha value is -0.930. The third kappa shape index (κ3) is 2.27. The molecule has 5 atom stereocenters. The normalized spacial score (nSPS) is 37.9. The molecule has 1 aliphatic rings. The van der Waals surface area contributed by atoms with Crippen LogP contribution in [0.5, 0.6) is 5.75 Å². The summed E-state index contributed by atoms with van der Waals surface area (Å²) in [6.45, 7) is -0.691. The Morgan fingerprint density at radius 3 is 2.45 bits per heavy atom. The van der Waals surface area contributed by atoms with Crippen LogP contribution in [0.4, 0.5) is 0 Å². The average molecular weight is 307 g/mol. The summed E-state index contributed by atoms with van der Waals surface area (Å²) in [4.78, 5) is 0. The maximum absolute atomic E-state index is 10.5. The molecule has 0 amide bonds. The second-order valence-electron chi connectivity index (χ2n) is 4.60. The first-order chi connectivity index (χ1) is 9.32. The second kappa shape index (κ2) is 5.45. The van der Waals surface area contributed by atoms with Gasteiger partial charge in [-0.25, -0.2) is 0 Å². The van der Waals surface area contributed by atoms with Crippen LogP contribution in [0.3, 0.4) is 0 Å². The SMILES string of the molecule is OC[C@H]1OC(O)(c2cccc(O)c2Cl)[C@H](O)[C@@H](O)[C@@H]1O. The zero-order valence-corrected chi connectivity index (χ0v) is 11.0. The summed E-state index contributed by atoms with van der Waals surface area (Å²) in [6, 6.07) is 3.90. The van der Waals surface area contributed by atoms with Crippen LogP contribution in [0.25, 0.3) is 0 Å². The molecule has 1 heterocycles. The zero-order chi connectivity index (χ0) is 15.1. The first-order valence-corrected chi connectivity index (χ1v) is 6.24. The maximum atomic E-state index is 10.5. The van der Waals surface area contributed by atoms with Crippen molar-refractivity contribution in [3.8, 4) is 5.75 Å². The molecule has 1 fully saturated rings. The fourth-order valence-corrected chi connectivity index (χ4v) is 2.43. The van der Waals surface area contributed by atoms with Gasteiger partial charge in [-0.3, -0.25) is 0 Å². The molecular weight excluding hydrogens is 292 g/mol. The van der Waals surface area contributed by atoms with Gasteiger partial charge >= 0.3 is 0 Å². The predicted octanol–water partition coefficient (Wildman–Crippen LogP) is -1.34. The second-order valence-corrected chi connectivity index (χ2v) is 4.98. The number of phenols is 1. The Morgan fingerprint density at radius 1 is 1.20 bits per heavy atom. The first kappa shape index (κ1) is 15.5. The van der Waals surface area contributed by atoms with Gasteiger partial charge in [0.15, 0.2) is 0 Å². The van der Waals surface area contributed by atoms with E-state index in [0.717, 1.165) is 0 Å². The van der Waals surface area contributed by atoms with E-state index in [9.17, 15) is 25.5 Å². The minimum Gasteiger partial charge on any atom is -0.506 e. The van der Waals surface area contributed by atoms with Gasteiger partial charge in [0.2, 0.25) is 5.79 Å². The number of hydrogen-bond acceptors (Lipinski definition) is 7. The Bertz CT molecular complexity index is 495. The van der Waals surface area contributed by atoms with Crippen molar-refractivity contribution in [2.45, 2.75) is 30.2 Å². The van der Waals surface area contributed by atoms with Crippen LogP contribution < -0.4 is 0 Å². The number of benzene rings is 1. The summed E-state index contributed by atoms with van der Waals surface area (Å²) in [5.74, 6) is -2.82. The van der Waals surface area contributed by atoms with E-state index >= 15 is 0 Å². The fourth-order valence-electron chi connectivity index (χ4n) is 2.17. The highest BCUT2D eigenvalue weighted by Gasteiger charge is 2.54. The molecule has 0 aliphatic carbocycles. The van der Waals surface area contributed by atoms with E-state index < -0.39 is 36.8 Å². The smallest absolute Gasteiger partial charge is 0.224 e. The van der Waals surface area contributed by atoms with Crippen molar-refractivity contribution in [1.82, 2.24) is 0 Å². The van der Waals surface area contributed by atoms with E-state index in [2.05, 4.69) is 0 Å². The Balaban J connectivity index is 2.49. The van der Waals surface area contributed by atoms with Gasteiger partial charge in [0.05, 0.1) is 11.6 Å². The molecule has 8 heteroatoms. The minimum absolute atomic E-state index is 0.184. The molecule has 1 unspecified atom stereocenters. The molecular formula is C12H15ClO7. The molecule has 1 aliphatic heterocycles. The highest BCUT2D eigenvalue weighted by molar-refractivity contribution is 6.32. The highest BCUT2D eigenvalue weighted by Crippen LogP contribution is 2.41. The van der Waals surface area contributed by atoms with Crippen molar-refractivity contribution in [2.24, 2.45) is 0 Å². The number of ether oxygens (including phenoxy) is 1. The average Bonchev–Trinajstić information content (AvgIpc) is 2.43. The van der Waals surface area contributed by atoms with Crippen LogP contribution in [-0.4, -0.2) is 61.7 Å². The van der Waals surface area contributed by atoms with Gasteiger partial charge in [-0.15, -0.1) is 0 Å². The van der Waals surface area contributed by atoms with Crippen LogP contribution in [0, 0.1) is 0 Å². The predicted molar refractivity (Wildman–Crippen MR) is 67.0 cm³/mol. The van der Waals surface area contributed by atoms with Crippen LogP contribution in [0.1, 0.15) is 5.56 Å². The van der Waals surface area contributed by atoms with Crippen molar-refractivity contribution in [3.63, 3.8) is 0 Å². The number of phenolic OH excluding ortho intramolecular Hbond substituents is 1. The lowest BCUT2D eigenvalue weighted by molar-refractivity contribution is -0.357. The Labute approximate surface area is 119 Å².